The molecule has 4 aromatic rings. The minimum absolute atomic E-state index is 0.125. The molecule has 0 spiro atoms. The van der Waals surface area contributed by atoms with Gasteiger partial charge in [0.1, 0.15) is 0 Å². The maximum atomic E-state index is 12.4. The van der Waals surface area contributed by atoms with E-state index in [1.54, 1.807) is 16.2 Å². The van der Waals surface area contributed by atoms with Crippen molar-refractivity contribution in [2.75, 3.05) is 0 Å². The molecule has 3 heterocycles. The zero-order valence-corrected chi connectivity index (χ0v) is 15.2. The van der Waals surface area contributed by atoms with Crippen LogP contribution >= 0.6 is 0 Å². The average molecular weight is 364 g/mol. The second-order valence-electron chi connectivity index (χ2n) is 6.51. The number of aryl methyl sites for hydroxylation is 2. The maximum absolute atomic E-state index is 12.4. The summed E-state index contributed by atoms with van der Waals surface area (Å²) in [4.78, 5) is 24.9. The van der Waals surface area contributed by atoms with E-state index in [9.17, 15) is 9.59 Å². The highest BCUT2D eigenvalue weighted by Gasteiger charge is 2.16. The molecule has 8 nitrogen and oxygen atoms in total. The Morgan fingerprint density at radius 1 is 1.11 bits per heavy atom. The van der Waals surface area contributed by atoms with Gasteiger partial charge in [-0.3, -0.25) is 18.3 Å². The van der Waals surface area contributed by atoms with Crippen molar-refractivity contribution in [3.8, 4) is 0 Å². The normalized spacial score (nSPS) is 12.5. The van der Waals surface area contributed by atoms with E-state index in [1.807, 2.05) is 60.0 Å². The molecule has 0 fully saturated rings. The fourth-order valence-corrected chi connectivity index (χ4v) is 3.33. The number of imidazole rings is 1. The van der Waals surface area contributed by atoms with Gasteiger partial charge in [0.25, 0.3) is 0 Å². The summed E-state index contributed by atoms with van der Waals surface area (Å²) in [6.45, 7) is 2.19. The van der Waals surface area contributed by atoms with Crippen LogP contribution in [0.5, 0.6) is 0 Å². The monoisotopic (exact) mass is 364 g/mol. The summed E-state index contributed by atoms with van der Waals surface area (Å²) in [7, 11) is 1.74. The molecule has 8 heteroatoms. The number of hydrogen-bond donors (Lipinski definition) is 1. The third kappa shape index (κ3) is 2.99. The molecular formula is C19H20N6O2. The molecule has 0 radical (unpaired) electrons. The molecular weight excluding hydrogens is 344 g/mol. The lowest BCUT2D eigenvalue weighted by Gasteiger charge is -2.12. The van der Waals surface area contributed by atoms with Crippen molar-refractivity contribution >= 4 is 22.6 Å². The number of pyridine rings is 1. The molecule has 0 bridgehead atoms. The van der Waals surface area contributed by atoms with Crippen LogP contribution in [0.1, 0.15) is 25.2 Å². The molecule has 27 heavy (non-hydrogen) atoms. The van der Waals surface area contributed by atoms with E-state index in [2.05, 4.69) is 15.5 Å². The fourth-order valence-electron chi connectivity index (χ4n) is 3.33. The molecule has 0 saturated heterocycles. The highest BCUT2D eigenvalue weighted by atomic mass is 16.2. The Morgan fingerprint density at radius 2 is 1.85 bits per heavy atom. The van der Waals surface area contributed by atoms with Crippen LogP contribution in [0.4, 0.5) is 0 Å². The van der Waals surface area contributed by atoms with Crippen LogP contribution in [0, 0.1) is 0 Å². The number of fused-ring (bicyclic) bond motifs is 2. The van der Waals surface area contributed by atoms with E-state index in [0.717, 1.165) is 16.7 Å². The number of hydrogen-bond acceptors (Lipinski definition) is 4. The molecule has 138 valence electrons. The van der Waals surface area contributed by atoms with Crippen molar-refractivity contribution in [3.05, 3.63) is 65.0 Å². The second kappa shape index (κ2) is 6.71. The van der Waals surface area contributed by atoms with Crippen LogP contribution in [0.15, 0.2) is 53.5 Å². The van der Waals surface area contributed by atoms with Gasteiger partial charge >= 0.3 is 5.69 Å². The van der Waals surface area contributed by atoms with Gasteiger partial charge in [0.15, 0.2) is 11.5 Å². The van der Waals surface area contributed by atoms with Gasteiger partial charge in [-0.05, 0) is 31.2 Å². The lowest BCUT2D eigenvalue weighted by molar-refractivity contribution is -0.122. The molecule has 4 rings (SSSR count). The zero-order valence-electron chi connectivity index (χ0n) is 15.2. The minimum atomic E-state index is -0.292. The average Bonchev–Trinajstić information content (AvgIpc) is 3.21. The van der Waals surface area contributed by atoms with Crippen LogP contribution in [-0.4, -0.2) is 29.6 Å². The van der Waals surface area contributed by atoms with Gasteiger partial charge in [-0.2, -0.15) is 0 Å². The number of nitrogens with one attached hydrogen (secondary N) is 1. The van der Waals surface area contributed by atoms with Crippen molar-refractivity contribution in [2.24, 2.45) is 7.05 Å². The molecule has 0 aliphatic heterocycles. The summed E-state index contributed by atoms with van der Waals surface area (Å²) in [5.74, 6) is 0.524. The molecule has 1 aromatic carbocycles. The van der Waals surface area contributed by atoms with Gasteiger partial charge in [-0.15, -0.1) is 10.2 Å². The third-order valence-electron chi connectivity index (χ3n) is 4.72. The SMILES string of the molecule is C[C@H](NC(=O)CCn1c(=O)n(C)c2ccccc21)c1nnc2ccccn12. The molecule has 0 aliphatic carbocycles. The van der Waals surface area contributed by atoms with Gasteiger partial charge < -0.3 is 5.32 Å². The lowest BCUT2D eigenvalue weighted by atomic mass is 10.2. The number of rotatable bonds is 5. The number of aromatic nitrogens is 5. The number of para-hydroxylation sites is 2. The van der Waals surface area contributed by atoms with E-state index in [0.29, 0.717) is 12.4 Å². The summed E-state index contributed by atoms with van der Waals surface area (Å²) in [5.41, 5.74) is 2.29. The smallest absolute Gasteiger partial charge is 0.328 e. The molecule has 0 unspecified atom stereocenters. The van der Waals surface area contributed by atoms with E-state index < -0.39 is 0 Å². The van der Waals surface area contributed by atoms with E-state index in [-0.39, 0.29) is 24.1 Å². The Bertz CT molecular complexity index is 1190. The van der Waals surface area contributed by atoms with Crippen LogP contribution in [0.2, 0.25) is 0 Å². The first-order chi connectivity index (χ1) is 13.1. The van der Waals surface area contributed by atoms with E-state index in [1.165, 1.54) is 0 Å². The van der Waals surface area contributed by atoms with Gasteiger partial charge in [-0.1, -0.05) is 18.2 Å². The Hall–Kier alpha value is -3.42. The first-order valence-corrected chi connectivity index (χ1v) is 8.79. The molecule has 3 aromatic heterocycles. The number of carbonyl (C=O) groups is 1. The fraction of sp³-hybridized carbons (Fsp3) is 0.263. The van der Waals surface area contributed by atoms with Crippen LogP contribution < -0.4 is 11.0 Å². The summed E-state index contributed by atoms with van der Waals surface area (Å²) in [6, 6.07) is 12.9. The minimum Gasteiger partial charge on any atom is -0.346 e. The van der Waals surface area contributed by atoms with Crippen molar-refractivity contribution in [2.45, 2.75) is 25.9 Å². The summed E-state index contributed by atoms with van der Waals surface area (Å²) in [6.07, 6.45) is 2.07. The van der Waals surface area contributed by atoms with Gasteiger partial charge in [0.05, 0.1) is 17.1 Å². The Labute approximate surface area is 155 Å². The standard InChI is InChI=1S/C19H20N6O2/c1-13(18-22-21-16-9-5-6-11-25(16)18)20-17(26)10-12-24-15-8-4-3-7-14(15)23(2)19(24)27/h3-9,11,13H,10,12H2,1-2H3,(H,20,26)/t13-/m0/s1. The maximum Gasteiger partial charge on any atom is 0.328 e. The molecule has 1 atom stereocenters. The molecule has 0 aliphatic rings. The zero-order chi connectivity index (χ0) is 19.0. The van der Waals surface area contributed by atoms with Crippen molar-refractivity contribution in [1.82, 2.24) is 29.0 Å². The Morgan fingerprint density at radius 3 is 2.67 bits per heavy atom. The topological polar surface area (TPSA) is 86.2 Å². The molecule has 1 N–H and O–H groups in total. The highest BCUT2D eigenvalue weighted by molar-refractivity contribution is 5.78. The summed E-state index contributed by atoms with van der Waals surface area (Å²) in [5, 5.41) is 11.2. The largest absolute Gasteiger partial charge is 0.346 e. The predicted molar refractivity (Wildman–Crippen MR) is 101 cm³/mol. The second-order valence-corrected chi connectivity index (χ2v) is 6.51. The van der Waals surface area contributed by atoms with Crippen LogP contribution in [0.25, 0.3) is 16.7 Å². The van der Waals surface area contributed by atoms with Crippen LogP contribution in [-0.2, 0) is 18.4 Å². The van der Waals surface area contributed by atoms with Crippen LogP contribution in [0.3, 0.4) is 0 Å². The van der Waals surface area contributed by atoms with Gasteiger partial charge in [-0.25, -0.2) is 4.79 Å². The Balaban J connectivity index is 1.48. The van der Waals surface area contributed by atoms with E-state index in [4.69, 9.17) is 0 Å². The van der Waals surface area contributed by atoms with E-state index >= 15 is 0 Å². The first-order valence-electron chi connectivity index (χ1n) is 8.79. The first kappa shape index (κ1) is 17.0. The number of benzene rings is 1. The van der Waals surface area contributed by atoms with Crippen molar-refractivity contribution < 1.29 is 4.79 Å². The predicted octanol–water partition coefficient (Wildman–Crippen LogP) is 1.65. The number of nitrogens with zero attached hydrogens (tertiary/aromatic N) is 5. The van der Waals surface area contributed by atoms with Crippen molar-refractivity contribution in [3.63, 3.8) is 0 Å². The van der Waals surface area contributed by atoms with Gasteiger partial charge in [0, 0.05) is 26.2 Å². The third-order valence-corrected chi connectivity index (χ3v) is 4.72. The van der Waals surface area contributed by atoms with Gasteiger partial charge in [0.2, 0.25) is 5.91 Å². The highest BCUT2D eigenvalue weighted by Crippen LogP contribution is 2.13. The summed E-state index contributed by atoms with van der Waals surface area (Å²) >= 11 is 0. The lowest BCUT2D eigenvalue weighted by Crippen LogP contribution is -2.30. The molecule has 1 amide bonds. The quantitative estimate of drug-likeness (QED) is 0.583. The number of carbonyl (C=O) groups excluding carboxylic acids is 1. The Kier molecular flexibility index (Phi) is 4.23. The molecule has 0 saturated carbocycles. The summed E-state index contributed by atoms with van der Waals surface area (Å²) < 4.78 is 5.07. The number of amides is 1. The van der Waals surface area contributed by atoms with Crippen molar-refractivity contribution in [1.29, 1.82) is 0 Å².